The summed E-state index contributed by atoms with van der Waals surface area (Å²) in [5, 5.41) is 5.69. The molecule has 1 aromatic rings. The maximum absolute atomic E-state index is 11.9. The third-order valence-electron chi connectivity index (χ3n) is 2.32. The molecule has 0 aliphatic carbocycles. The van der Waals surface area contributed by atoms with E-state index in [4.69, 9.17) is 14.0 Å². The lowest BCUT2D eigenvalue weighted by atomic mass is 10.2. The first-order chi connectivity index (χ1) is 9.51. The van der Waals surface area contributed by atoms with Gasteiger partial charge in [-0.15, -0.1) is 0 Å². The van der Waals surface area contributed by atoms with Crippen molar-refractivity contribution in [2.24, 2.45) is 0 Å². The summed E-state index contributed by atoms with van der Waals surface area (Å²) in [6.07, 6.45) is 1.19. The van der Waals surface area contributed by atoms with E-state index < -0.39 is 23.9 Å². The minimum Gasteiger partial charge on any atom is -0.464 e. The Labute approximate surface area is 115 Å². The summed E-state index contributed by atoms with van der Waals surface area (Å²) in [6, 6.07) is -1.52. The van der Waals surface area contributed by atoms with Crippen molar-refractivity contribution >= 4 is 17.8 Å². The minimum atomic E-state index is -1.52. The fourth-order valence-electron chi connectivity index (χ4n) is 1.39. The molecule has 1 rings (SSSR count). The Morgan fingerprint density at radius 1 is 1.25 bits per heavy atom. The maximum Gasteiger partial charge on any atom is 0.340 e. The molecule has 0 aliphatic heterocycles. The van der Waals surface area contributed by atoms with Gasteiger partial charge in [0.15, 0.2) is 0 Å². The van der Waals surface area contributed by atoms with Crippen LogP contribution in [0.2, 0.25) is 0 Å². The van der Waals surface area contributed by atoms with E-state index in [2.05, 4.69) is 10.5 Å². The van der Waals surface area contributed by atoms with E-state index in [9.17, 15) is 14.4 Å². The standard InChI is InChI=1S/C12H16N2O6/c1-4-18-11(16)9(12(17)19-5-2)14-10(15)8-6-13-20-7(8)3/h6,9H,4-5H2,1-3H3,(H,14,15). The average Bonchev–Trinajstić information content (AvgIpc) is 2.82. The van der Waals surface area contributed by atoms with Crippen LogP contribution in [0.1, 0.15) is 30.0 Å². The van der Waals surface area contributed by atoms with Crippen LogP contribution in [0.5, 0.6) is 0 Å². The highest BCUT2D eigenvalue weighted by atomic mass is 16.6. The van der Waals surface area contributed by atoms with Crippen LogP contribution in [-0.2, 0) is 19.1 Å². The molecule has 0 spiro atoms. The number of nitrogens with zero attached hydrogens (tertiary/aromatic N) is 1. The SMILES string of the molecule is CCOC(=O)C(NC(=O)c1cnoc1C)C(=O)OCC. The number of ether oxygens (including phenoxy) is 2. The van der Waals surface area contributed by atoms with E-state index in [1.807, 2.05) is 0 Å². The Morgan fingerprint density at radius 3 is 2.20 bits per heavy atom. The Kier molecular flexibility index (Phi) is 5.70. The molecule has 0 saturated heterocycles. The molecule has 0 unspecified atom stereocenters. The molecular formula is C12H16N2O6. The van der Waals surface area contributed by atoms with Crippen molar-refractivity contribution in [1.29, 1.82) is 0 Å². The van der Waals surface area contributed by atoms with Gasteiger partial charge in [-0.05, 0) is 20.8 Å². The predicted molar refractivity (Wildman–Crippen MR) is 65.8 cm³/mol. The third-order valence-corrected chi connectivity index (χ3v) is 2.32. The first kappa shape index (κ1) is 15.7. The fraction of sp³-hybridized carbons (Fsp3) is 0.500. The number of rotatable bonds is 6. The lowest BCUT2D eigenvalue weighted by Gasteiger charge is -2.15. The van der Waals surface area contributed by atoms with E-state index in [1.165, 1.54) is 13.1 Å². The number of aryl methyl sites for hydroxylation is 1. The Bertz CT molecular complexity index is 478. The normalized spacial score (nSPS) is 10.2. The van der Waals surface area contributed by atoms with Gasteiger partial charge in [0.1, 0.15) is 11.3 Å². The number of aromatic nitrogens is 1. The molecular weight excluding hydrogens is 268 g/mol. The summed E-state index contributed by atoms with van der Waals surface area (Å²) in [5.74, 6) is -2.16. The van der Waals surface area contributed by atoms with Gasteiger partial charge in [-0.1, -0.05) is 5.16 Å². The summed E-state index contributed by atoms with van der Waals surface area (Å²) in [6.45, 7) is 4.87. The first-order valence-electron chi connectivity index (χ1n) is 6.06. The summed E-state index contributed by atoms with van der Waals surface area (Å²) in [7, 11) is 0. The lowest BCUT2D eigenvalue weighted by Crippen LogP contribution is -2.48. The van der Waals surface area contributed by atoms with Crippen LogP contribution in [0.4, 0.5) is 0 Å². The molecule has 0 saturated carbocycles. The van der Waals surface area contributed by atoms with E-state index in [0.717, 1.165) is 0 Å². The van der Waals surface area contributed by atoms with E-state index in [-0.39, 0.29) is 24.5 Å². The van der Waals surface area contributed by atoms with Gasteiger partial charge in [0, 0.05) is 0 Å². The van der Waals surface area contributed by atoms with Crippen molar-refractivity contribution in [3.05, 3.63) is 17.5 Å². The highest BCUT2D eigenvalue weighted by molar-refractivity contribution is 6.05. The first-order valence-corrected chi connectivity index (χ1v) is 6.06. The Balaban J connectivity index is 2.84. The molecule has 1 heterocycles. The molecule has 0 aliphatic rings. The topological polar surface area (TPSA) is 108 Å². The second-order valence-electron chi connectivity index (χ2n) is 3.71. The number of carbonyl (C=O) groups excluding carboxylic acids is 3. The van der Waals surface area contributed by atoms with Gasteiger partial charge in [0.05, 0.1) is 19.4 Å². The zero-order valence-electron chi connectivity index (χ0n) is 11.5. The number of nitrogens with one attached hydrogen (secondary N) is 1. The van der Waals surface area contributed by atoms with Crippen molar-refractivity contribution in [3.63, 3.8) is 0 Å². The van der Waals surface area contributed by atoms with Gasteiger partial charge in [-0.3, -0.25) is 4.79 Å². The van der Waals surface area contributed by atoms with Crippen LogP contribution in [0.3, 0.4) is 0 Å². The molecule has 0 bridgehead atoms. The quantitative estimate of drug-likeness (QED) is 0.587. The smallest absolute Gasteiger partial charge is 0.340 e. The van der Waals surface area contributed by atoms with Crippen molar-refractivity contribution < 1.29 is 28.4 Å². The number of carbonyl (C=O) groups is 3. The number of esters is 2. The van der Waals surface area contributed by atoms with Gasteiger partial charge in [0.25, 0.3) is 5.91 Å². The lowest BCUT2D eigenvalue weighted by molar-refractivity contribution is -0.157. The van der Waals surface area contributed by atoms with Gasteiger partial charge < -0.3 is 19.3 Å². The summed E-state index contributed by atoms with van der Waals surface area (Å²) >= 11 is 0. The fourth-order valence-corrected chi connectivity index (χ4v) is 1.39. The van der Waals surface area contributed by atoms with Crippen LogP contribution in [0.15, 0.2) is 10.7 Å². The molecule has 0 radical (unpaired) electrons. The van der Waals surface area contributed by atoms with Crippen molar-refractivity contribution in [2.45, 2.75) is 26.8 Å². The molecule has 8 heteroatoms. The molecule has 20 heavy (non-hydrogen) atoms. The van der Waals surface area contributed by atoms with Gasteiger partial charge in [-0.25, -0.2) is 9.59 Å². The monoisotopic (exact) mass is 284 g/mol. The average molecular weight is 284 g/mol. The van der Waals surface area contributed by atoms with Crippen molar-refractivity contribution in [1.82, 2.24) is 10.5 Å². The molecule has 0 fully saturated rings. The second-order valence-corrected chi connectivity index (χ2v) is 3.71. The van der Waals surface area contributed by atoms with Gasteiger partial charge in [0.2, 0.25) is 6.04 Å². The second kappa shape index (κ2) is 7.27. The number of hydrogen-bond acceptors (Lipinski definition) is 7. The minimum absolute atomic E-state index is 0.0803. The van der Waals surface area contributed by atoms with Crippen LogP contribution in [0.25, 0.3) is 0 Å². The van der Waals surface area contributed by atoms with Crippen LogP contribution < -0.4 is 5.32 Å². The molecule has 1 N–H and O–H groups in total. The Morgan fingerprint density at radius 2 is 1.80 bits per heavy atom. The largest absolute Gasteiger partial charge is 0.464 e. The highest BCUT2D eigenvalue weighted by Gasteiger charge is 2.32. The zero-order valence-corrected chi connectivity index (χ0v) is 11.5. The summed E-state index contributed by atoms with van der Waals surface area (Å²) in [5.41, 5.74) is 0.128. The van der Waals surface area contributed by atoms with Gasteiger partial charge in [-0.2, -0.15) is 0 Å². The van der Waals surface area contributed by atoms with Crippen molar-refractivity contribution in [3.8, 4) is 0 Å². The summed E-state index contributed by atoms with van der Waals surface area (Å²) in [4.78, 5) is 35.3. The van der Waals surface area contributed by atoms with Crippen LogP contribution in [0, 0.1) is 6.92 Å². The number of hydrogen-bond donors (Lipinski definition) is 1. The molecule has 110 valence electrons. The highest BCUT2D eigenvalue weighted by Crippen LogP contribution is 2.06. The zero-order chi connectivity index (χ0) is 15.1. The van der Waals surface area contributed by atoms with Crippen LogP contribution in [-0.4, -0.2) is 42.3 Å². The molecule has 1 amide bonds. The van der Waals surface area contributed by atoms with Crippen molar-refractivity contribution in [2.75, 3.05) is 13.2 Å². The van der Waals surface area contributed by atoms with Crippen LogP contribution >= 0.6 is 0 Å². The van der Waals surface area contributed by atoms with E-state index >= 15 is 0 Å². The molecule has 8 nitrogen and oxygen atoms in total. The maximum atomic E-state index is 11.9. The molecule has 0 aromatic carbocycles. The number of amides is 1. The summed E-state index contributed by atoms with van der Waals surface area (Å²) < 4.78 is 14.2. The van der Waals surface area contributed by atoms with Gasteiger partial charge >= 0.3 is 11.9 Å². The van der Waals surface area contributed by atoms with E-state index in [0.29, 0.717) is 0 Å². The molecule has 1 aromatic heterocycles. The Hall–Kier alpha value is -2.38. The third kappa shape index (κ3) is 3.81. The predicted octanol–water partition coefficient (Wildman–Crippen LogP) is 0.208. The molecule has 0 atom stereocenters. The van der Waals surface area contributed by atoms with E-state index in [1.54, 1.807) is 13.8 Å².